The Bertz CT molecular complexity index is 426. The van der Waals surface area contributed by atoms with Crippen molar-refractivity contribution in [1.29, 1.82) is 0 Å². The minimum absolute atomic E-state index is 0.249. The van der Waals surface area contributed by atoms with Crippen LogP contribution in [0.1, 0.15) is 0 Å². The summed E-state index contributed by atoms with van der Waals surface area (Å²) in [6, 6.07) is 7.05. The molecule has 1 heterocycles. The zero-order valence-corrected chi connectivity index (χ0v) is 7.16. The second-order valence-electron chi connectivity index (χ2n) is 2.72. The van der Waals surface area contributed by atoms with Crippen LogP contribution in [0.5, 0.6) is 0 Å². The Balaban J connectivity index is 2.49. The lowest BCUT2D eigenvalue weighted by atomic mass is 10.2. The van der Waals surface area contributed by atoms with Crippen LogP contribution in [-0.2, 0) is 0 Å². The number of anilines is 1. The lowest BCUT2D eigenvalue weighted by Crippen LogP contribution is -2.20. The average Bonchev–Trinajstić information content (AvgIpc) is 2.23. The maximum Gasteiger partial charge on any atom is 0.109 e. The first kappa shape index (κ1) is 8.58. The van der Waals surface area contributed by atoms with Crippen LogP contribution in [0.3, 0.4) is 0 Å². The van der Waals surface area contributed by atoms with E-state index in [-0.39, 0.29) is 5.70 Å². The van der Waals surface area contributed by atoms with Gasteiger partial charge in [-0.2, -0.15) is 0 Å². The van der Waals surface area contributed by atoms with Crippen molar-refractivity contribution in [2.24, 2.45) is 10.2 Å². The Morgan fingerprint density at radius 3 is 3.00 bits per heavy atom. The van der Waals surface area contributed by atoms with Crippen molar-refractivity contribution in [3.8, 4) is 0 Å². The monoisotopic (exact) mass is 189 g/mol. The van der Waals surface area contributed by atoms with Gasteiger partial charge in [-0.15, -0.1) is 4.91 Å². The summed E-state index contributed by atoms with van der Waals surface area (Å²) in [6.07, 6.45) is 2.38. The maximum absolute atomic E-state index is 10.0. The number of nitroso groups, excluding NO2 is 1. The number of hydrogen-bond acceptors (Lipinski definition) is 5. The number of hydrogen-bond donors (Lipinski definition) is 1. The van der Waals surface area contributed by atoms with Crippen LogP contribution in [0.4, 0.5) is 11.4 Å². The Hall–Kier alpha value is -2.01. The summed E-state index contributed by atoms with van der Waals surface area (Å²) >= 11 is 0. The molecule has 0 bridgehead atoms. The van der Waals surface area contributed by atoms with Gasteiger partial charge in [0.05, 0.1) is 23.8 Å². The third-order valence-corrected chi connectivity index (χ3v) is 1.88. The quantitative estimate of drug-likeness (QED) is 0.688. The van der Waals surface area contributed by atoms with Gasteiger partial charge in [-0.05, 0) is 17.3 Å². The van der Waals surface area contributed by atoms with E-state index in [9.17, 15) is 10.1 Å². The number of benzene rings is 1. The van der Waals surface area contributed by atoms with Gasteiger partial charge in [0.25, 0.3) is 0 Å². The van der Waals surface area contributed by atoms with Gasteiger partial charge in [-0.25, -0.2) is 5.06 Å². The molecule has 0 radical (unpaired) electrons. The van der Waals surface area contributed by atoms with Crippen molar-refractivity contribution in [2.45, 2.75) is 0 Å². The van der Waals surface area contributed by atoms with Gasteiger partial charge in [0.1, 0.15) is 5.70 Å². The van der Waals surface area contributed by atoms with Gasteiger partial charge in [-0.1, -0.05) is 12.1 Å². The van der Waals surface area contributed by atoms with E-state index in [0.29, 0.717) is 11.4 Å². The molecule has 5 nitrogen and oxygen atoms in total. The van der Waals surface area contributed by atoms with Crippen molar-refractivity contribution in [1.82, 2.24) is 0 Å². The molecule has 5 heteroatoms. The van der Waals surface area contributed by atoms with Crippen molar-refractivity contribution < 1.29 is 5.21 Å². The number of allylic oxidation sites excluding steroid dienone is 1. The minimum atomic E-state index is 0.249. The third-order valence-electron chi connectivity index (χ3n) is 1.88. The molecule has 1 aliphatic rings. The molecule has 1 aromatic rings. The molecule has 0 fully saturated rings. The molecule has 0 saturated heterocycles. The molecule has 0 spiro atoms. The van der Waals surface area contributed by atoms with E-state index in [2.05, 4.69) is 10.2 Å². The summed E-state index contributed by atoms with van der Waals surface area (Å²) in [7, 11) is 0. The van der Waals surface area contributed by atoms with E-state index in [1.165, 1.54) is 6.21 Å². The fraction of sp³-hybridized carbons (Fsp3) is 0. The number of aliphatic imine (C=N–C) groups is 1. The normalized spacial score (nSPS) is 16.9. The van der Waals surface area contributed by atoms with E-state index >= 15 is 0 Å². The van der Waals surface area contributed by atoms with E-state index < -0.39 is 0 Å². The molecule has 70 valence electrons. The second kappa shape index (κ2) is 3.39. The lowest BCUT2D eigenvalue weighted by molar-refractivity contribution is 0.289. The van der Waals surface area contributed by atoms with Crippen LogP contribution in [0, 0.1) is 4.91 Å². The molecule has 1 aromatic carbocycles. The smallest absolute Gasteiger partial charge is 0.109 e. The van der Waals surface area contributed by atoms with E-state index in [1.807, 2.05) is 6.07 Å². The highest BCUT2D eigenvalue weighted by Gasteiger charge is 2.15. The Labute approximate surface area is 79.9 Å². The summed E-state index contributed by atoms with van der Waals surface area (Å²) in [5.41, 5.74) is 1.43. The molecule has 0 amide bonds. The molecule has 0 aliphatic carbocycles. The highest BCUT2D eigenvalue weighted by atomic mass is 16.5. The van der Waals surface area contributed by atoms with Gasteiger partial charge in [0.2, 0.25) is 0 Å². The first-order chi connectivity index (χ1) is 6.83. The van der Waals surface area contributed by atoms with Gasteiger partial charge >= 0.3 is 0 Å². The molecule has 0 aromatic heterocycles. The predicted molar refractivity (Wildman–Crippen MR) is 52.7 cm³/mol. The van der Waals surface area contributed by atoms with E-state index in [4.69, 9.17) is 0 Å². The molecule has 0 atom stereocenters. The fourth-order valence-corrected chi connectivity index (χ4v) is 1.22. The zero-order valence-electron chi connectivity index (χ0n) is 7.16. The molecule has 1 aliphatic heterocycles. The van der Waals surface area contributed by atoms with Crippen molar-refractivity contribution >= 4 is 17.6 Å². The molecular weight excluding hydrogens is 182 g/mol. The van der Waals surface area contributed by atoms with Crippen molar-refractivity contribution in [3.05, 3.63) is 41.1 Å². The number of nitrogens with zero attached hydrogens (tertiary/aromatic N) is 3. The SMILES string of the molecule is O=N/C=C1\C=Nc2ccccc2N1O. The maximum atomic E-state index is 10.0. The first-order valence-electron chi connectivity index (χ1n) is 3.97. The Morgan fingerprint density at radius 1 is 1.43 bits per heavy atom. The second-order valence-corrected chi connectivity index (χ2v) is 2.72. The average molecular weight is 189 g/mol. The minimum Gasteiger partial charge on any atom is -0.283 e. The van der Waals surface area contributed by atoms with Gasteiger partial charge in [0, 0.05) is 0 Å². The van der Waals surface area contributed by atoms with E-state index in [1.54, 1.807) is 18.2 Å². The van der Waals surface area contributed by atoms with Crippen LogP contribution in [0.15, 0.2) is 46.3 Å². The summed E-state index contributed by atoms with van der Waals surface area (Å²) in [4.78, 5) is 14.1. The Kier molecular flexibility index (Phi) is 2.08. The van der Waals surface area contributed by atoms with Crippen LogP contribution >= 0.6 is 0 Å². The predicted octanol–water partition coefficient (Wildman–Crippen LogP) is 2.21. The molecule has 2 rings (SSSR count). The van der Waals surface area contributed by atoms with Crippen LogP contribution in [-0.4, -0.2) is 11.4 Å². The Morgan fingerprint density at radius 2 is 2.21 bits per heavy atom. The standard InChI is InChI=1S/C9H7N3O2/c13-11-6-7-5-10-8-3-1-2-4-9(8)12(7)14/h1-6,14H/b7-6+. The third kappa shape index (κ3) is 1.29. The molecule has 0 saturated carbocycles. The highest BCUT2D eigenvalue weighted by molar-refractivity contribution is 5.92. The van der Waals surface area contributed by atoms with Crippen molar-refractivity contribution in [2.75, 3.05) is 5.06 Å². The molecule has 14 heavy (non-hydrogen) atoms. The summed E-state index contributed by atoms with van der Waals surface area (Å²) in [5, 5.41) is 13.1. The fourth-order valence-electron chi connectivity index (χ4n) is 1.22. The number of para-hydroxylation sites is 2. The zero-order chi connectivity index (χ0) is 9.97. The van der Waals surface area contributed by atoms with E-state index in [0.717, 1.165) is 11.3 Å². The topological polar surface area (TPSA) is 65.3 Å². The van der Waals surface area contributed by atoms with Gasteiger partial charge in [0.15, 0.2) is 0 Å². The van der Waals surface area contributed by atoms with Gasteiger partial charge in [-0.3, -0.25) is 10.2 Å². The molecular formula is C9H7N3O2. The van der Waals surface area contributed by atoms with Crippen LogP contribution < -0.4 is 5.06 Å². The number of rotatable bonds is 1. The number of hydroxylamine groups is 1. The van der Waals surface area contributed by atoms with Gasteiger partial charge < -0.3 is 0 Å². The van der Waals surface area contributed by atoms with Crippen LogP contribution in [0.2, 0.25) is 0 Å². The van der Waals surface area contributed by atoms with Crippen LogP contribution in [0.25, 0.3) is 0 Å². The summed E-state index contributed by atoms with van der Waals surface area (Å²) in [5.74, 6) is 0. The summed E-state index contributed by atoms with van der Waals surface area (Å²) < 4.78 is 0. The molecule has 1 N–H and O–H groups in total. The van der Waals surface area contributed by atoms with Crippen molar-refractivity contribution in [3.63, 3.8) is 0 Å². The summed E-state index contributed by atoms with van der Waals surface area (Å²) in [6.45, 7) is 0. The largest absolute Gasteiger partial charge is 0.283 e. The highest BCUT2D eigenvalue weighted by Crippen LogP contribution is 2.32. The number of fused-ring (bicyclic) bond motifs is 1. The first-order valence-corrected chi connectivity index (χ1v) is 3.97. The molecule has 0 unspecified atom stereocenters. The lowest BCUT2D eigenvalue weighted by Gasteiger charge is -2.21.